The van der Waals surface area contributed by atoms with Gasteiger partial charge in [-0.05, 0) is 36.5 Å². The molecule has 2 aromatic rings. The van der Waals surface area contributed by atoms with Crippen LogP contribution >= 0.6 is 0 Å². The standard InChI is InChI=1S/C24H32N2O3/c1-6-21(24(28)25-5)26(15-19-13-11-18(4)12-14-19)23(27)16-29-22-10-8-7-9-20(22)17(2)3/h7-14,17,21H,6,15-16H2,1-5H3,(H,25,28)/t21-/m0/s1. The van der Waals surface area contributed by atoms with E-state index >= 15 is 0 Å². The van der Waals surface area contributed by atoms with Crippen molar-refractivity contribution >= 4 is 11.8 Å². The molecule has 0 bridgehead atoms. The number of hydrogen-bond donors (Lipinski definition) is 1. The van der Waals surface area contributed by atoms with Crippen LogP contribution in [-0.2, 0) is 16.1 Å². The summed E-state index contributed by atoms with van der Waals surface area (Å²) in [5, 5.41) is 2.67. The maximum absolute atomic E-state index is 13.1. The summed E-state index contributed by atoms with van der Waals surface area (Å²) in [6, 6.07) is 15.2. The zero-order valence-corrected chi connectivity index (χ0v) is 18.1. The molecule has 0 saturated heterocycles. The van der Waals surface area contributed by atoms with Gasteiger partial charge in [0, 0.05) is 13.6 Å². The second-order valence-corrected chi connectivity index (χ2v) is 7.53. The van der Waals surface area contributed by atoms with Crippen LogP contribution in [0.25, 0.3) is 0 Å². The van der Waals surface area contributed by atoms with Crippen molar-refractivity contribution in [3.8, 4) is 5.75 Å². The third-order valence-corrected chi connectivity index (χ3v) is 5.00. The third-order valence-electron chi connectivity index (χ3n) is 5.00. The molecule has 0 spiro atoms. The maximum atomic E-state index is 13.1. The number of benzene rings is 2. The summed E-state index contributed by atoms with van der Waals surface area (Å²) in [6.07, 6.45) is 0.528. The fraction of sp³-hybridized carbons (Fsp3) is 0.417. The molecular formula is C24H32N2O3. The molecule has 0 unspecified atom stereocenters. The molecule has 2 amide bonds. The van der Waals surface area contributed by atoms with Crippen LogP contribution < -0.4 is 10.1 Å². The van der Waals surface area contributed by atoms with E-state index in [0.29, 0.717) is 24.6 Å². The van der Waals surface area contributed by atoms with Crippen molar-refractivity contribution in [1.82, 2.24) is 10.2 Å². The molecule has 5 nitrogen and oxygen atoms in total. The Hall–Kier alpha value is -2.82. The van der Waals surface area contributed by atoms with E-state index in [-0.39, 0.29) is 18.4 Å². The fourth-order valence-electron chi connectivity index (χ4n) is 3.29. The number of rotatable bonds is 9. The highest BCUT2D eigenvalue weighted by atomic mass is 16.5. The minimum absolute atomic E-state index is 0.108. The number of nitrogens with zero attached hydrogens (tertiary/aromatic N) is 1. The Kier molecular flexibility index (Phi) is 8.25. The predicted octanol–water partition coefficient (Wildman–Crippen LogP) is 4.05. The van der Waals surface area contributed by atoms with E-state index in [2.05, 4.69) is 19.2 Å². The van der Waals surface area contributed by atoms with Crippen LogP contribution in [0.4, 0.5) is 0 Å². The highest BCUT2D eigenvalue weighted by Crippen LogP contribution is 2.26. The summed E-state index contributed by atoms with van der Waals surface area (Å²) in [6.45, 7) is 8.36. The molecular weight excluding hydrogens is 364 g/mol. The van der Waals surface area contributed by atoms with Crippen molar-refractivity contribution in [2.45, 2.75) is 52.6 Å². The number of likely N-dealkylation sites (N-methyl/N-ethyl adjacent to an activating group) is 1. The Morgan fingerprint density at radius 1 is 1.07 bits per heavy atom. The average Bonchev–Trinajstić information content (AvgIpc) is 2.73. The van der Waals surface area contributed by atoms with Gasteiger partial charge in [-0.2, -0.15) is 0 Å². The Morgan fingerprint density at radius 2 is 1.72 bits per heavy atom. The van der Waals surface area contributed by atoms with E-state index < -0.39 is 6.04 Å². The van der Waals surface area contributed by atoms with Gasteiger partial charge in [0.2, 0.25) is 5.91 Å². The SMILES string of the molecule is CC[C@@H](C(=O)NC)N(Cc1ccc(C)cc1)C(=O)COc1ccccc1C(C)C. The summed E-state index contributed by atoms with van der Waals surface area (Å²) < 4.78 is 5.88. The Bertz CT molecular complexity index is 815. The number of aryl methyl sites for hydroxylation is 1. The first-order valence-corrected chi connectivity index (χ1v) is 10.2. The van der Waals surface area contributed by atoms with E-state index in [1.165, 1.54) is 0 Å². The van der Waals surface area contributed by atoms with Crippen LogP contribution in [0.3, 0.4) is 0 Å². The van der Waals surface area contributed by atoms with Crippen LogP contribution in [0.1, 0.15) is 49.8 Å². The minimum atomic E-state index is -0.544. The highest BCUT2D eigenvalue weighted by molar-refractivity contribution is 5.88. The van der Waals surface area contributed by atoms with Gasteiger partial charge in [-0.1, -0.05) is 68.8 Å². The van der Waals surface area contributed by atoms with Gasteiger partial charge < -0.3 is 15.0 Å². The molecule has 0 heterocycles. The fourth-order valence-corrected chi connectivity index (χ4v) is 3.29. The number of nitrogens with one attached hydrogen (secondary N) is 1. The minimum Gasteiger partial charge on any atom is -0.483 e. The summed E-state index contributed by atoms with van der Waals surface area (Å²) in [5.74, 6) is 0.619. The lowest BCUT2D eigenvalue weighted by atomic mass is 10.0. The Balaban J connectivity index is 2.21. The molecule has 1 N–H and O–H groups in total. The lowest BCUT2D eigenvalue weighted by Crippen LogP contribution is -2.49. The van der Waals surface area contributed by atoms with Gasteiger partial charge in [0.05, 0.1) is 0 Å². The van der Waals surface area contributed by atoms with E-state index in [0.717, 1.165) is 16.7 Å². The summed E-state index contributed by atoms with van der Waals surface area (Å²) in [5.41, 5.74) is 3.19. The Labute approximate surface area is 174 Å². The van der Waals surface area contributed by atoms with Crippen molar-refractivity contribution in [3.63, 3.8) is 0 Å². The first-order chi connectivity index (χ1) is 13.9. The number of carbonyl (C=O) groups is 2. The first-order valence-electron chi connectivity index (χ1n) is 10.2. The predicted molar refractivity (Wildman–Crippen MR) is 116 cm³/mol. The zero-order chi connectivity index (χ0) is 21.4. The van der Waals surface area contributed by atoms with Crippen molar-refractivity contribution in [3.05, 3.63) is 65.2 Å². The largest absolute Gasteiger partial charge is 0.483 e. The van der Waals surface area contributed by atoms with Crippen LogP contribution in [0.15, 0.2) is 48.5 Å². The molecule has 2 aromatic carbocycles. The molecule has 0 aliphatic carbocycles. The molecule has 0 radical (unpaired) electrons. The second-order valence-electron chi connectivity index (χ2n) is 7.53. The van der Waals surface area contributed by atoms with Gasteiger partial charge in [-0.3, -0.25) is 9.59 Å². The molecule has 29 heavy (non-hydrogen) atoms. The number of ether oxygens (including phenoxy) is 1. The lowest BCUT2D eigenvalue weighted by molar-refractivity contribution is -0.142. The van der Waals surface area contributed by atoms with Gasteiger partial charge in [0.1, 0.15) is 11.8 Å². The molecule has 0 saturated carbocycles. The van der Waals surface area contributed by atoms with E-state index in [1.807, 2.05) is 62.4 Å². The van der Waals surface area contributed by atoms with Gasteiger partial charge in [0.15, 0.2) is 6.61 Å². The van der Waals surface area contributed by atoms with Gasteiger partial charge >= 0.3 is 0 Å². The van der Waals surface area contributed by atoms with E-state index in [4.69, 9.17) is 4.74 Å². The van der Waals surface area contributed by atoms with Crippen molar-refractivity contribution in [1.29, 1.82) is 0 Å². The number of amides is 2. The second kappa shape index (κ2) is 10.6. The molecule has 0 aromatic heterocycles. The summed E-state index contributed by atoms with van der Waals surface area (Å²) in [4.78, 5) is 27.1. The Morgan fingerprint density at radius 3 is 2.31 bits per heavy atom. The van der Waals surface area contributed by atoms with E-state index in [1.54, 1.807) is 11.9 Å². The number of para-hydroxylation sites is 1. The third kappa shape index (κ3) is 6.08. The molecule has 2 rings (SSSR count). The van der Waals surface area contributed by atoms with Gasteiger partial charge in [0.25, 0.3) is 5.91 Å². The number of carbonyl (C=O) groups excluding carboxylic acids is 2. The average molecular weight is 397 g/mol. The summed E-state index contributed by atoms with van der Waals surface area (Å²) in [7, 11) is 1.59. The van der Waals surface area contributed by atoms with Crippen LogP contribution in [0, 0.1) is 6.92 Å². The normalized spacial score (nSPS) is 11.8. The highest BCUT2D eigenvalue weighted by Gasteiger charge is 2.28. The quantitative estimate of drug-likeness (QED) is 0.696. The lowest BCUT2D eigenvalue weighted by Gasteiger charge is -2.30. The van der Waals surface area contributed by atoms with Crippen molar-refractivity contribution in [2.75, 3.05) is 13.7 Å². The number of hydrogen-bond acceptors (Lipinski definition) is 3. The zero-order valence-electron chi connectivity index (χ0n) is 18.1. The van der Waals surface area contributed by atoms with Crippen LogP contribution in [0.5, 0.6) is 5.75 Å². The van der Waals surface area contributed by atoms with Crippen LogP contribution in [-0.4, -0.2) is 36.4 Å². The molecule has 0 aliphatic heterocycles. The molecule has 5 heteroatoms. The van der Waals surface area contributed by atoms with Crippen molar-refractivity contribution in [2.24, 2.45) is 0 Å². The van der Waals surface area contributed by atoms with Crippen LogP contribution in [0.2, 0.25) is 0 Å². The van der Waals surface area contributed by atoms with Gasteiger partial charge in [-0.25, -0.2) is 0 Å². The molecule has 0 aliphatic rings. The maximum Gasteiger partial charge on any atom is 0.261 e. The summed E-state index contributed by atoms with van der Waals surface area (Å²) >= 11 is 0. The first kappa shape index (κ1) is 22.5. The smallest absolute Gasteiger partial charge is 0.261 e. The topological polar surface area (TPSA) is 58.6 Å². The van der Waals surface area contributed by atoms with E-state index in [9.17, 15) is 9.59 Å². The monoisotopic (exact) mass is 396 g/mol. The van der Waals surface area contributed by atoms with Crippen molar-refractivity contribution < 1.29 is 14.3 Å². The van der Waals surface area contributed by atoms with Gasteiger partial charge in [-0.15, -0.1) is 0 Å². The molecule has 156 valence electrons. The molecule has 1 atom stereocenters. The molecule has 0 fully saturated rings.